The molecule has 0 saturated carbocycles. The van der Waals surface area contributed by atoms with E-state index in [1.54, 1.807) is 6.20 Å². The van der Waals surface area contributed by atoms with Gasteiger partial charge in [0.05, 0.1) is 0 Å². The molecule has 2 amide bonds. The van der Waals surface area contributed by atoms with E-state index in [-0.39, 0.29) is 12.8 Å². The van der Waals surface area contributed by atoms with E-state index >= 15 is 0 Å². The molecule has 7 nitrogen and oxygen atoms in total. The van der Waals surface area contributed by atoms with Crippen LogP contribution in [0, 0.1) is 0 Å². The van der Waals surface area contributed by atoms with Crippen molar-refractivity contribution < 1.29 is 14.3 Å². The summed E-state index contributed by atoms with van der Waals surface area (Å²) < 4.78 is 10.6. The number of aromatic nitrogens is 1. The van der Waals surface area contributed by atoms with E-state index < -0.39 is 0 Å². The maximum Gasteiger partial charge on any atom is 0.315 e. The Bertz CT molecular complexity index is 716. The first kappa shape index (κ1) is 15.9. The first-order valence-electron chi connectivity index (χ1n) is 7.64. The first-order chi connectivity index (χ1) is 11.6. The Balaban J connectivity index is 1.45. The summed E-state index contributed by atoms with van der Waals surface area (Å²) in [5, 5.41) is 5.63. The zero-order chi connectivity index (χ0) is 16.9. The van der Waals surface area contributed by atoms with Crippen molar-refractivity contribution in [3.8, 4) is 11.5 Å². The van der Waals surface area contributed by atoms with Crippen molar-refractivity contribution in [2.24, 2.45) is 0 Å². The molecule has 0 spiro atoms. The molecule has 1 aromatic carbocycles. The van der Waals surface area contributed by atoms with E-state index in [0.29, 0.717) is 18.8 Å². The number of ether oxygens (including phenoxy) is 2. The minimum Gasteiger partial charge on any atom is -0.454 e. The Hall–Kier alpha value is -2.96. The summed E-state index contributed by atoms with van der Waals surface area (Å²) in [4.78, 5) is 18.1. The number of amides is 2. The van der Waals surface area contributed by atoms with E-state index in [1.165, 1.54) is 0 Å². The lowest BCUT2D eigenvalue weighted by atomic mass is 10.2. The van der Waals surface area contributed by atoms with Crippen LogP contribution in [0.2, 0.25) is 0 Å². The van der Waals surface area contributed by atoms with Crippen LogP contribution in [0.15, 0.2) is 36.5 Å². The molecule has 24 heavy (non-hydrogen) atoms. The minimum absolute atomic E-state index is 0.232. The van der Waals surface area contributed by atoms with Crippen LogP contribution in [0.4, 0.5) is 10.6 Å². The third kappa shape index (κ3) is 3.87. The van der Waals surface area contributed by atoms with Crippen LogP contribution in [0.3, 0.4) is 0 Å². The fourth-order valence-electron chi connectivity index (χ4n) is 2.26. The van der Waals surface area contributed by atoms with Gasteiger partial charge < -0.3 is 25.0 Å². The van der Waals surface area contributed by atoms with Gasteiger partial charge in [-0.1, -0.05) is 12.1 Å². The molecule has 2 N–H and O–H groups in total. The number of nitrogens with zero attached hydrogens (tertiary/aromatic N) is 2. The second-order valence-corrected chi connectivity index (χ2v) is 5.64. The number of nitrogens with one attached hydrogen (secondary N) is 2. The van der Waals surface area contributed by atoms with Crippen LogP contribution in [0.25, 0.3) is 0 Å². The lowest BCUT2D eigenvalue weighted by molar-refractivity contribution is 0.174. The third-order valence-electron chi connectivity index (χ3n) is 3.61. The fourth-order valence-corrected chi connectivity index (χ4v) is 2.26. The summed E-state index contributed by atoms with van der Waals surface area (Å²) in [6.45, 7) is 1.08. The van der Waals surface area contributed by atoms with Crippen molar-refractivity contribution in [2.75, 3.05) is 25.8 Å². The van der Waals surface area contributed by atoms with Gasteiger partial charge in [0.2, 0.25) is 6.79 Å². The molecule has 0 fully saturated rings. The molecule has 2 heterocycles. The Labute approximate surface area is 140 Å². The largest absolute Gasteiger partial charge is 0.454 e. The number of anilines is 1. The quantitative estimate of drug-likeness (QED) is 0.876. The zero-order valence-electron chi connectivity index (χ0n) is 13.7. The van der Waals surface area contributed by atoms with Gasteiger partial charge in [-0.2, -0.15) is 0 Å². The molecular formula is C17H20N4O3. The second-order valence-electron chi connectivity index (χ2n) is 5.64. The van der Waals surface area contributed by atoms with Gasteiger partial charge in [-0.3, -0.25) is 0 Å². The average Bonchev–Trinajstić information content (AvgIpc) is 3.06. The summed E-state index contributed by atoms with van der Waals surface area (Å²) >= 11 is 0. The van der Waals surface area contributed by atoms with Crippen LogP contribution in [0.1, 0.15) is 11.1 Å². The predicted octanol–water partition coefficient (Wildman–Crippen LogP) is 1.88. The number of urea groups is 1. The number of carbonyl (C=O) groups excluding carboxylic acids is 1. The van der Waals surface area contributed by atoms with Gasteiger partial charge in [-0.05, 0) is 29.3 Å². The van der Waals surface area contributed by atoms with E-state index in [4.69, 9.17) is 9.47 Å². The highest BCUT2D eigenvalue weighted by molar-refractivity contribution is 5.73. The Morgan fingerprint density at radius 2 is 1.79 bits per heavy atom. The van der Waals surface area contributed by atoms with Crippen LogP contribution in [-0.4, -0.2) is 31.9 Å². The van der Waals surface area contributed by atoms with Gasteiger partial charge in [0, 0.05) is 33.4 Å². The maximum absolute atomic E-state index is 11.9. The molecule has 2 aromatic rings. The smallest absolute Gasteiger partial charge is 0.315 e. The first-order valence-corrected chi connectivity index (χ1v) is 7.64. The molecule has 126 valence electrons. The van der Waals surface area contributed by atoms with E-state index in [2.05, 4.69) is 15.6 Å². The van der Waals surface area contributed by atoms with Crippen LogP contribution in [-0.2, 0) is 13.1 Å². The average molecular weight is 328 g/mol. The van der Waals surface area contributed by atoms with Gasteiger partial charge in [0.15, 0.2) is 11.5 Å². The Kier molecular flexibility index (Phi) is 4.69. The lowest BCUT2D eigenvalue weighted by Gasteiger charge is -2.12. The molecule has 0 unspecified atom stereocenters. The maximum atomic E-state index is 11.9. The summed E-state index contributed by atoms with van der Waals surface area (Å²) in [6.07, 6.45) is 1.76. The van der Waals surface area contributed by atoms with Gasteiger partial charge in [0.25, 0.3) is 0 Å². The molecular weight excluding hydrogens is 308 g/mol. The number of hydrogen-bond acceptors (Lipinski definition) is 5. The summed E-state index contributed by atoms with van der Waals surface area (Å²) in [6, 6.07) is 9.24. The zero-order valence-corrected chi connectivity index (χ0v) is 13.7. The topological polar surface area (TPSA) is 75.7 Å². The highest BCUT2D eigenvalue weighted by Gasteiger charge is 2.13. The Morgan fingerprint density at radius 1 is 1.08 bits per heavy atom. The highest BCUT2D eigenvalue weighted by Crippen LogP contribution is 2.32. The van der Waals surface area contributed by atoms with Gasteiger partial charge in [0.1, 0.15) is 5.82 Å². The number of fused-ring (bicyclic) bond motifs is 1. The van der Waals surface area contributed by atoms with Crippen molar-refractivity contribution in [2.45, 2.75) is 13.1 Å². The summed E-state index contributed by atoms with van der Waals surface area (Å²) in [5.41, 5.74) is 1.89. The molecule has 1 aliphatic rings. The Morgan fingerprint density at radius 3 is 2.50 bits per heavy atom. The number of benzene rings is 1. The normalized spacial score (nSPS) is 11.9. The van der Waals surface area contributed by atoms with E-state index in [0.717, 1.165) is 22.7 Å². The van der Waals surface area contributed by atoms with Crippen molar-refractivity contribution in [1.82, 2.24) is 15.6 Å². The summed E-state index contributed by atoms with van der Waals surface area (Å²) in [7, 11) is 3.87. The molecule has 0 saturated heterocycles. The SMILES string of the molecule is CN(C)c1ccc(CNC(=O)NCc2ccc3c(c2)OCO3)cn1. The van der Waals surface area contributed by atoms with Gasteiger partial charge in [-0.15, -0.1) is 0 Å². The van der Waals surface area contributed by atoms with Gasteiger partial charge in [-0.25, -0.2) is 9.78 Å². The molecule has 1 aliphatic heterocycles. The predicted molar refractivity (Wildman–Crippen MR) is 90.2 cm³/mol. The van der Waals surface area contributed by atoms with Crippen molar-refractivity contribution in [3.63, 3.8) is 0 Å². The van der Waals surface area contributed by atoms with E-state index in [1.807, 2.05) is 49.3 Å². The van der Waals surface area contributed by atoms with Crippen LogP contribution >= 0.6 is 0 Å². The van der Waals surface area contributed by atoms with Crippen LogP contribution in [0.5, 0.6) is 11.5 Å². The van der Waals surface area contributed by atoms with Crippen LogP contribution < -0.4 is 25.0 Å². The minimum atomic E-state index is -0.232. The lowest BCUT2D eigenvalue weighted by Crippen LogP contribution is -2.34. The number of pyridine rings is 1. The number of carbonyl (C=O) groups is 1. The monoisotopic (exact) mass is 328 g/mol. The molecule has 0 aliphatic carbocycles. The third-order valence-corrected chi connectivity index (χ3v) is 3.61. The standard InChI is InChI=1S/C17H20N4O3/c1-21(2)16-6-4-13(9-18-16)10-20-17(22)19-8-12-3-5-14-15(7-12)24-11-23-14/h3-7,9H,8,10-11H2,1-2H3,(H2,19,20,22). The summed E-state index contributed by atoms with van der Waals surface area (Å²) in [5.74, 6) is 2.32. The molecule has 7 heteroatoms. The van der Waals surface area contributed by atoms with Gasteiger partial charge >= 0.3 is 6.03 Å². The van der Waals surface area contributed by atoms with Crippen molar-refractivity contribution >= 4 is 11.8 Å². The molecule has 0 atom stereocenters. The molecule has 0 bridgehead atoms. The van der Waals surface area contributed by atoms with E-state index in [9.17, 15) is 4.79 Å². The number of rotatable bonds is 5. The van der Waals surface area contributed by atoms with Crippen molar-refractivity contribution in [3.05, 3.63) is 47.7 Å². The molecule has 0 radical (unpaired) electrons. The highest BCUT2D eigenvalue weighted by atomic mass is 16.7. The molecule has 1 aromatic heterocycles. The molecule has 3 rings (SSSR count). The van der Waals surface area contributed by atoms with Crippen molar-refractivity contribution in [1.29, 1.82) is 0 Å². The number of hydrogen-bond donors (Lipinski definition) is 2. The second kappa shape index (κ2) is 7.08. The fraction of sp³-hybridized carbons (Fsp3) is 0.294.